The van der Waals surface area contributed by atoms with Gasteiger partial charge in [0, 0.05) is 5.69 Å². The molecule has 1 unspecified atom stereocenters. The maximum absolute atomic E-state index is 11.0. The predicted molar refractivity (Wildman–Crippen MR) is 63.0 cm³/mol. The van der Waals surface area contributed by atoms with E-state index in [1.807, 2.05) is 0 Å². The van der Waals surface area contributed by atoms with Crippen molar-refractivity contribution in [1.29, 1.82) is 0 Å². The second kappa shape index (κ2) is 5.69. The number of hydrogen-bond acceptors (Lipinski definition) is 3. The van der Waals surface area contributed by atoms with Crippen LogP contribution >= 0.6 is 0 Å². The summed E-state index contributed by atoms with van der Waals surface area (Å²) in [5.74, 6) is -2.23. The van der Waals surface area contributed by atoms with Crippen LogP contribution in [0.2, 0.25) is 0 Å². The second-order valence-corrected chi connectivity index (χ2v) is 3.38. The maximum atomic E-state index is 11.0. The molecule has 5 heteroatoms. The zero-order valence-corrected chi connectivity index (χ0v) is 9.11. The summed E-state index contributed by atoms with van der Waals surface area (Å²) in [4.78, 5) is 23.0. The van der Waals surface area contributed by atoms with Crippen molar-refractivity contribution in [2.75, 3.05) is 11.4 Å². The molecule has 0 saturated carbocycles. The van der Waals surface area contributed by atoms with E-state index in [9.17, 15) is 9.59 Å². The summed E-state index contributed by atoms with van der Waals surface area (Å²) >= 11 is 0. The molecular formula is C12H13NO4. The van der Waals surface area contributed by atoms with E-state index in [0.29, 0.717) is 5.69 Å². The topological polar surface area (TPSA) is 77.8 Å². The Balaban J connectivity index is 3.07. The molecule has 0 aliphatic carbocycles. The van der Waals surface area contributed by atoms with Gasteiger partial charge in [-0.05, 0) is 12.1 Å². The van der Waals surface area contributed by atoms with Crippen LogP contribution in [0.1, 0.15) is 0 Å². The van der Waals surface area contributed by atoms with Gasteiger partial charge in [-0.1, -0.05) is 24.3 Å². The average molecular weight is 235 g/mol. The number of aliphatic carboxylic acids is 2. The normalized spacial score (nSPS) is 11.5. The highest BCUT2D eigenvalue weighted by atomic mass is 16.4. The third-order valence-corrected chi connectivity index (χ3v) is 2.21. The Morgan fingerprint density at radius 1 is 1.29 bits per heavy atom. The molecule has 0 heterocycles. The van der Waals surface area contributed by atoms with Gasteiger partial charge in [-0.15, -0.1) is 6.58 Å². The summed E-state index contributed by atoms with van der Waals surface area (Å²) in [5, 5.41) is 17.8. The quantitative estimate of drug-likeness (QED) is 0.725. The van der Waals surface area contributed by atoms with Gasteiger partial charge in [-0.2, -0.15) is 0 Å². The van der Waals surface area contributed by atoms with E-state index in [4.69, 9.17) is 10.2 Å². The number of nitrogens with zero attached hydrogens (tertiary/aromatic N) is 1. The summed E-state index contributed by atoms with van der Waals surface area (Å²) in [5.41, 5.74) is 0.530. The summed E-state index contributed by atoms with van der Waals surface area (Å²) in [6.45, 7) is 3.02. The first kappa shape index (κ1) is 12.8. The Kier molecular flexibility index (Phi) is 4.28. The molecule has 17 heavy (non-hydrogen) atoms. The first-order chi connectivity index (χ1) is 8.06. The minimum Gasteiger partial charge on any atom is -0.480 e. The molecule has 0 aliphatic heterocycles. The largest absolute Gasteiger partial charge is 0.480 e. The maximum Gasteiger partial charge on any atom is 0.330 e. The molecule has 0 bridgehead atoms. The number of para-hydroxylation sites is 1. The minimum atomic E-state index is -1.13. The van der Waals surface area contributed by atoms with Crippen molar-refractivity contribution in [3.63, 3.8) is 0 Å². The molecule has 0 amide bonds. The number of carboxylic acids is 2. The van der Waals surface area contributed by atoms with Gasteiger partial charge in [0.1, 0.15) is 12.6 Å². The number of anilines is 1. The van der Waals surface area contributed by atoms with E-state index in [1.54, 1.807) is 30.3 Å². The van der Waals surface area contributed by atoms with Crippen LogP contribution in [-0.2, 0) is 9.59 Å². The Bertz CT molecular complexity index is 416. The number of benzene rings is 1. The van der Waals surface area contributed by atoms with Crippen molar-refractivity contribution in [3.8, 4) is 0 Å². The second-order valence-electron chi connectivity index (χ2n) is 3.38. The van der Waals surface area contributed by atoms with Gasteiger partial charge in [-0.3, -0.25) is 4.79 Å². The van der Waals surface area contributed by atoms with Crippen LogP contribution in [0.4, 0.5) is 5.69 Å². The molecule has 0 spiro atoms. The van der Waals surface area contributed by atoms with Gasteiger partial charge < -0.3 is 15.1 Å². The number of hydrogen-bond donors (Lipinski definition) is 2. The SMILES string of the molecule is C=CC(C(=O)O)N(CC(=O)O)c1ccccc1. The van der Waals surface area contributed by atoms with E-state index < -0.39 is 24.5 Å². The lowest BCUT2D eigenvalue weighted by Crippen LogP contribution is -2.42. The number of carboxylic acid groups (broad SMARTS) is 2. The molecular weight excluding hydrogens is 222 g/mol. The molecule has 1 atom stereocenters. The molecule has 2 N–H and O–H groups in total. The highest BCUT2D eigenvalue weighted by Crippen LogP contribution is 2.17. The Hall–Kier alpha value is -2.30. The molecule has 0 radical (unpaired) electrons. The third-order valence-electron chi connectivity index (χ3n) is 2.21. The monoisotopic (exact) mass is 235 g/mol. The van der Waals surface area contributed by atoms with Gasteiger partial charge in [0.15, 0.2) is 0 Å². The molecule has 0 aliphatic rings. The summed E-state index contributed by atoms with van der Waals surface area (Å²) < 4.78 is 0. The highest BCUT2D eigenvalue weighted by molar-refractivity contribution is 5.84. The van der Waals surface area contributed by atoms with Crippen LogP contribution < -0.4 is 4.90 Å². The van der Waals surface area contributed by atoms with Gasteiger partial charge in [0.05, 0.1) is 0 Å². The lowest BCUT2D eigenvalue weighted by atomic mass is 10.2. The molecule has 5 nitrogen and oxygen atoms in total. The van der Waals surface area contributed by atoms with Crippen LogP contribution in [0, 0.1) is 0 Å². The van der Waals surface area contributed by atoms with Crippen LogP contribution in [0.15, 0.2) is 43.0 Å². The van der Waals surface area contributed by atoms with E-state index in [2.05, 4.69) is 6.58 Å². The lowest BCUT2D eigenvalue weighted by molar-refractivity contribution is -0.138. The Morgan fingerprint density at radius 2 is 1.88 bits per heavy atom. The smallest absolute Gasteiger partial charge is 0.330 e. The van der Waals surface area contributed by atoms with Gasteiger partial charge >= 0.3 is 11.9 Å². The van der Waals surface area contributed by atoms with E-state index >= 15 is 0 Å². The molecule has 90 valence electrons. The van der Waals surface area contributed by atoms with Crippen LogP contribution in [0.3, 0.4) is 0 Å². The van der Waals surface area contributed by atoms with Crippen molar-refractivity contribution in [3.05, 3.63) is 43.0 Å². The first-order valence-corrected chi connectivity index (χ1v) is 4.95. The number of carbonyl (C=O) groups is 2. The van der Waals surface area contributed by atoms with E-state index in [1.165, 1.54) is 11.0 Å². The third kappa shape index (κ3) is 3.34. The molecule has 1 rings (SSSR count). The standard InChI is InChI=1S/C12H13NO4/c1-2-10(12(16)17)13(8-11(14)15)9-6-4-3-5-7-9/h2-7,10H,1,8H2,(H,14,15)(H,16,17). The Labute approximate surface area is 98.6 Å². The fraction of sp³-hybridized carbons (Fsp3) is 0.167. The van der Waals surface area contributed by atoms with Gasteiger partial charge in [0.25, 0.3) is 0 Å². The van der Waals surface area contributed by atoms with Crippen molar-refractivity contribution >= 4 is 17.6 Å². The van der Waals surface area contributed by atoms with Crippen LogP contribution in [0.25, 0.3) is 0 Å². The summed E-state index contributed by atoms with van der Waals surface area (Å²) in [6.07, 6.45) is 1.21. The lowest BCUT2D eigenvalue weighted by Gasteiger charge is -2.27. The van der Waals surface area contributed by atoms with Crippen LogP contribution in [-0.4, -0.2) is 34.7 Å². The molecule has 0 fully saturated rings. The molecule has 1 aromatic carbocycles. The fourth-order valence-corrected chi connectivity index (χ4v) is 1.48. The van der Waals surface area contributed by atoms with Gasteiger partial charge in [-0.25, -0.2) is 4.79 Å². The van der Waals surface area contributed by atoms with E-state index in [0.717, 1.165) is 0 Å². The fourth-order valence-electron chi connectivity index (χ4n) is 1.48. The minimum absolute atomic E-state index is 0.396. The van der Waals surface area contributed by atoms with Crippen molar-refractivity contribution in [1.82, 2.24) is 0 Å². The van der Waals surface area contributed by atoms with Gasteiger partial charge in [0.2, 0.25) is 0 Å². The zero-order valence-electron chi connectivity index (χ0n) is 9.11. The highest BCUT2D eigenvalue weighted by Gasteiger charge is 2.24. The predicted octanol–water partition coefficient (Wildman–Crippen LogP) is 1.22. The van der Waals surface area contributed by atoms with Crippen molar-refractivity contribution in [2.45, 2.75) is 6.04 Å². The van der Waals surface area contributed by atoms with Crippen molar-refractivity contribution in [2.24, 2.45) is 0 Å². The zero-order chi connectivity index (χ0) is 12.8. The number of rotatable bonds is 6. The average Bonchev–Trinajstić information content (AvgIpc) is 2.29. The summed E-state index contributed by atoms with van der Waals surface area (Å²) in [7, 11) is 0. The van der Waals surface area contributed by atoms with E-state index in [-0.39, 0.29) is 0 Å². The van der Waals surface area contributed by atoms with Crippen molar-refractivity contribution < 1.29 is 19.8 Å². The first-order valence-electron chi connectivity index (χ1n) is 4.95. The summed E-state index contributed by atoms with van der Waals surface area (Å²) in [6, 6.07) is 7.45. The Morgan fingerprint density at radius 3 is 2.29 bits per heavy atom. The molecule has 1 aromatic rings. The molecule has 0 aromatic heterocycles. The molecule has 0 saturated heterocycles. The van der Waals surface area contributed by atoms with Crippen LogP contribution in [0.5, 0.6) is 0 Å².